The second kappa shape index (κ2) is 5.25. The minimum atomic E-state index is -3.80. The van der Waals surface area contributed by atoms with Gasteiger partial charge in [0.2, 0.25) is 10.0 Å². The van der Waals surface area contributed by atoms with Gasteiger partial charge in [0.25, 0.3) is 6.01 Å². The Morgan fingerprint density at radius 3 is 2.91 bits per heavy atom. The number of carboxylic acid groups (broad SMARTS) is 1. The molecule has 1 atom stereocenters. The number of rotatable bonds is 3. The molecule has 1 fully saturated rings. The number of nitrogens with two attached hydrogens (primary N) is 1. The van der Waals surface area contributed by atoms with Gasteiger partial charge in [-0.15, -0.1) is 0 Å². The zero-order chi connectivity index (χ0) is 15.9. The van der Waals surface area contributed by atoms with Gasteiger partial charge in [0.1, 0.15) is 5.52 Å². The average Bonchev–Trinajstić information content (AvgIpc) is 2.89. The second-order valence-electron chi connectivity index (χ2n) is 5.29. The Labute approximate surface area is 126 Å². The van der Waals surface area contributed by atoms with Crippen molar-refractivity contribution in [1.82, 2.24) is 4.98 Å². The molecular weight excluding hydrogens is 310 g/mol. The van der Waals surface area contributed by atoms with Crippen LogP contribution in [-0.4, -0.2) is 37.6 Å². The molecule has 22 heavy (non-hydrogen) atoms. The Kier molecular flexibility index (Phi) is 3.53. The number of primary sulfonamides is 1. The molecule has 1 unspecified atom stereocenters. The van der Waals surface area contributed by atoms with Crippen molar-refractivity contribution in [3.63, 3.8) is 0 Å². The van der Waals surface area contributed by atoms with Crippen molar-refractivity contribution >= 4 is 33.1 Å². The third-order valence-corrected chi connectivity index (χ3v) is 4.63. The summed E-state index contributed by atoms with van der Waals surface area (Å²) < 4.78 is 28.3. The number of carboxylic acids is 1. The maximum atomic E-state index is 11.3. The molecule has 1 saturated heterocycles. The number of piperidine rings is 1. The van der Waals surface area contributed by atoms with Crippen molar-refractivity contribution in [2.45, 2.75) is 17.7 Å². The predicted octanol–water partition coefficient (Wildman–Crippen LogP) is 0.776. The molecule has 0 bridgehead atoms. The van der Waals surface area contributed by atoms with Gasteiger partial charge in [0.15, 0.2) is 5.58 Å². The van der Waals surface area contributed by atoms with E-state index in [0.717, 1.165) is 6.42 Å². The highest BCUT2D eigenvalue weighted by molar-refractivity contribution is 7.89. The Bertz CT molecular complexity index is 829. The summed E-state index contributed by atoms with van der Waals surface area (Å²) in [5, 5.41) is 14.2. The van der Waals surface area contributed by atoms with Gasteiger partial charge in [-0.05, 0) is 31.0 Å². The maximum Gasteiger partial charge on any atom is 0.308 e. The fourth-order valence-corrected chi connectivity index (χ4v) is 3.09. The van der Waals surface area contributed by atoms with Gasteiger partial charge >= 0.3 is 5.97 Å². The maximum absolute atomic E-state index is 11.3. The molecular formula is C13H15N3O5S. The molecule has 0 amide bonds. The Morgan fingerprint density at radius 1 is 1.45 bits per heavy atom. The Hall–Kier alpha value is -2.13. The lowest BCUT2D eigenvalue weighted by molar-refractivity contribution is -0.141. The lowest BCUT2D eigenvalue weighted by atomic mass is 9.99. The van der Waals surface area contributed by atoms with Gasteiger partial charge in [-0.25, -0.2) is 13.6 Å². The lowest BCUT2D eigenvalue weighted by Gasteiger charge is -2.29. The minimum Gasteiger partial charge on any atom is -0.481 e. The van der Waals surface area contributed by atoms with E-state index in [0.29, 0.717) is 36.6 Å². The van der Waals surface area contributed by atoms with E-state index in [1.54, 1.807) is 4.90 Å². The van der Waals surface area contributed by atoms with E-state index in [2.05, 4.69) is 4.98 Å². The van der Waals surface area contributed by atoms with E-state index < -0.39 is 21.9 Å². The van der Waals surface area contributed by atoms with Crippen LogP contribution in [0, 0.1) is 5.92 Å². The van der Waals surface area contributed by atoms with Gasteiger partial charge < -0.3 is 14.4 Å². The molecule has 0 saturated carbocycles. The van der Waals surface area contributed by atoms with E-state index in [1.807, 2.05) is 0 Å². The van der Waals surface area contributed by atoms with E-state index in [-0.39, 0.29) is 4.90 Å². The van der Waals surface area contributed by atoms with Crippen LogP contribution in [0.25, 0.3) is 11.1 Å². The average molecular weight is 325 g/mol. The molecule has 8 nitrogen and oxygen atoms in total. The van der Waals surface area contributed by atoms with Gasteiger partial charge in [-0.1, -0.05) is 0 Å². The van der Waals surface area contributed by atoms with Crippen LogP contribution in [0.1, 0.15) is 12.8 Å². The first-order valence-electron chi connectivity index (χ1n) is 6.76. The monoisotopic (exact) mass is 325 g/mol. The van der Waals surface area contributed by atoms with Crippen LogP contribution in [0.3, 0.4) is 0 Å². The van der Waals surface area contributed by atoms with E-state index in [1.165, 1.54) is 18.2 Å². The molecule has 9 heteroatoms. The van der Waals surface area contributed by atoms with Crippen LogP contribution in [0.2, 0.25) is 0 Å². The van der Waals surface area contributed by atoms with Crippen molar-refractivity contribution in [3.8, 4) is 0 Å². The first-order valence-corrected chi connectivity index (χ1v) is 8.30. The van der Waals surface area contributed by atoms with Gasteiger partial charge in [-0.2, -0.15) is 4.98 Å². The molecule has 1 aliphatic heterocycles. The summed E-state index contributed by atoms with van der Waals surface area (Å²) in [6.45, 7) is 0.975. The number of aromatic nitrogens is 1. The van der Waals surface area contributed by atoms with Crippen molar-refractivity contribution in [2.24, 2.45) is 11.1 Å². The van der Waals surface area contributed by atoms with Crippen LogP contribution in [0.5, 0.6) is 0 Å². The number of sulfonamides is 1. The number of nitrogens with zero attached hydrogens (tertiary/aromatic N) is 2. The standard InChI is InChI=1S/C13H15N3O5S/c14-22(19,20)9-3-4-11-10(6-9)15-13(21-11)16-5-1-2-8(7-16)12(17)18/h3-4,6,8H,1-2,5,7H2,(H,17,18)(H2,14,19,20). The lowest BCUT2D eigenvalue weighted by Crippen LogP contribution is -2.38. The summed E-state index contributed by atoms with van der Waals surface area (Å²) in [7, 11) is -3.80. The van der Waals surface area contributed by atoms with Crippen LogP contribution in [0.15, 0.2) is 27.5 Å². The number of anilines is 1. The van der Waals surface area contributed by atoms with Gasteiger partial charge in [-0.3, -0.25) is 4.79 Å². The van der Waals surface area contributed by atoms with Crippen LogP contribution in [0.4, 0.5) is 6.01 Å². The molecule has 118 valence electrons. The quantitative estimate of drug-likeness (QED) is 0.853. The normalized spacial score (nSPS) is 19.5. The fraction of sp³-hybridized carbons (Fsp3) is 0.385. The third-order valence-electron chi connectivity index (χ3n) is 3.72. The molecule has 2 aromatic rings. The molecule has 1 aromatic carbocycles. The third kappa shape index (κ3) is 2.77. The topological polar surface area (TPSA) is 127 Å². The van der Waals surface area contributed by atoms with E-state index in [4.69, 9.17) is 14.7 Å². The Balaban J connectivity index is 1.93. The van der Waals surface area contributed by atoms with Gasteiger partial charge in [0.05, 0.1) is 10.8 Å². The summed E-state index contributed by atoms with van der Waals surface area (Å²) in [6.07, 6.45) is 1.36. The number of aliphatic carboxylic acids is 1. The molecule has 1 aliphatic rings. The van der Waals surface area contributed by atoms with E-state index in [9.17, 15) is 13.2 Å². The molecule has 3 rings (SSSR count). The number of carbonyl (C=O) groups is 1. The van der Waals surface area contributed by atoms with Crippen molar-refractivity contribution in [3.05, 3.63) is 18.2 Å². The summed E-state index contributed by atoms with van der Waals surface area (Å²) in [4.78, 5) is 17.1. The molecule has 2 heterocycles. The zero-order valence-electron chi connectivity index (χ0n) is 11.6. The van der Waals surface area contributed by atoms with Crippen LogP contribution < -0.4 is 10.0 Å². The Morgan fingerprint density at radius 2 is 2.23 bits per heavy atom. The van der Waals surface area contributed by atoms with Crippen molar-refractivity contribution in [1.29, 1.82) is 0 Å². The largest absolute Gasteiger partial charge is 0.481 e. The van der Waals surface area contributed by atoms with Crippen molar-refractivity contribution < 1.29 is 22.7 Å². The second-order valence-corrected chi connectivity index (χ2v) is 6.86. The highest BCUT2D eigenvalue weighted by atomic mass is 32.2. The molecule has 3 N–H and O–H groups in total. The summed E-state index contributed by atoms with van der Waals surface area (Å²) >= 11 is 0. The highest BCUT2D eigenvalue weighted by Gasteiger charge is 2.28. The number of benzene rings is 1. The molecule has 1 aromatic heterocycles. The minimum absolute atomic E-state index is 0.0399. The van der Waals surface area contributed by atoms with Gasteiger partial charge in [0, 0.05) is 13.1 Å². The number of fused-ring (bicyclic) bond motifs is 1. The van der Waals surface area contributed by atoms with E-state index >= 15 is 0 Å². The first kappa shape index (κ1) is 14.8. The smallest absolute Gasteiger partial charge is 0.308 e. The van der Waals surface area contributed by atoms with Crippen molar-refractivity contribution in [2.75, 3.05) is 18.0 Å². The highest BCUT2D eigenvalue weighted by Crippen LogP contribution is 2.27. The molecule has 0 spiro atoms. The van der Waals surface area contributed by atoms with Crippen LogP contribution >= 0.6 is 0 Å². The summed E-state index contributed by atoms with van der Waals surface area (Å²) in [5.74, 6) is -1.29. The predicted molar refractivity (Wildman–Crippen MR) is 78.0 cm³/mol. The summed E-state index contributed by atoms with van der Waals surface area (Å²) in [6, 6.07) is 4.48. The molecule has 0 aliphatic carbocycles. The SMILES string of the molecule is NS(=O)(=O)c1ccc2oc(N3CCCC(C(=O)O)C3)nc2c1. The zero-order valence-corrected chi connectivity index (χ0v) is 12.4. The summed E-state index contributed by atoms with van der Waals surface area (Å²) in [5.41, 5.74) is 0.804. The number of oxazole rings is 1. The molecule has 0 radical (unpaired) electrons. The number of hydrogen-bond donors (Lipinski definition) is 2. The fourth-order valence-electron chi connectivity index (χ4n) is 2.56. The number of hydrogen-bond acceptors (Lipinski definition) is 6. The first-order chi connectivity index (χ1) is 10.3. The van der Waals surface area contributed by atoms with Crippen LogP contribution in [-0.2, 0) is 14.8 Å².